The molecule has 0 fully saturated rings. The van der Waals surface area contributed by atoms with E-state index in [2.05, 4.69) is 10.6 Å². The summed E-state index contributed by atoms with van der Waals surface area (Å²) in [6, 6.07) is 6.68. The van der Waals surface area contributed by atoms with E-state index in [1.54, 1.807) is 18.2 Å². The zero-order valence-electron chi connectivity index (χ0n) is 14.3. The average Bonchev–Trinajstić information content (AvgIpc) is 2.63. The van der Waals surface area contributed by atoms with Crippen molar-refractivity contribution in [2.24, 2.45) is 0 Å². The van der Waals surface area contributed by atoms with Crippen molar-refractivity contribution in [1.82, 2.24) is 5.32 Å². The summed E-state index contributed by atoms with van der Waals surface area (Å²) < 4.78 is 42.3. The number of hydrogen-bond acceptors (Lipinski definition) is 5. The Hall–Kier alpha value is -3.36. The number of carbonyl (C=O) groups excluding carboxylic acids is 2. The van der Waals surface area contributed by atoms with Crippen molar-refractivity contribution in [3.05, 3.63) is 48.0 Å². The van der Waals surface area contributed by atoms with Crippen LogP contribution in [-0.4, -0.2) is 31.3 Å². The lowest BCUT2D eigenvalue weighted by molar-refractivity contribution is -0.126. The summed E-state index contributed by atoms with van der Waals surface area (Å²) in [4.78, 5) is 24.0. The summed E-state index contributed by atoms with van der Waals surface area (Å²) in [6.45, 7) is 2.17. The number of halogens is 2. The Bertz CT molecular complexity index is 875. The second-order valence-corrected chi connectivity index (χ2v) is 5.64. The Morgan fingerprint density at radius 2 is 1.81 bits per heavy atom. The molecule has 0 bridgehead atoms. The molecule has 9 heteroatoms. The predicted molar refractivity (Wildman–Crippen MR) is 91.0 cm³/mol. The van der Waals surface area contributed by atoms with Gasteiger partial charge in [0, 0.05) is 17.8 Å². The zero-order valence-corrected chi connectivity index (χ0v) is 14.3. The minimum absolute atomic E-state index is 0.300. The van der Waals surface area contributed by atoms with E-state index in [0.717, 1.165) is 12.1 Å². The van der Waals surface area contributed by atoms with Gasteiger partial charge in [0.05, 0.1) is 0 Å². The van der Waals surface area contributed by atoms with Gasteiger partial charge >= 0.3 is 6.03 Å². The van der Waals surface area contributed by atoms with Crippen LogP contribution in [0, 0.1) is 11.6 Å². The molecule has 3 amide bonds. The van der Waals surface area contributed by atoms with Gasteiger partial charge in [-0.05, 0) is 31.2 Å². The van der Waals surface area contributed by atoms with Gasteiger partial charge < -0.3 is 19.5 Å². The summed E-state index contributed by atoms with van der Waals surface area (Å²) in [7, 11) is 0. The van der Waals surface area contributed by atoms with Crippen LogP contribution < -0.4 is 24.8 Å². The third kappa shape index (κ3) is 4.63. The average molecular weight is 378 g/mol. The molecule has 1 aliphatic heterocycles. The summed E-state index contributed by atoms with van der Waals surface area (Å²) in [5, 5.41) is 4.55. The van der Waals surface area contributed by atoms with Crippen LogP contribution in [0.25, 0.3) is 0 Å². The van der Waals surface area contributed by atoms with Crippen LogP contribution in [-0.2, 0) is 4.79 Å². The van der Waals surface area contributed by atoms with E-state index in [9.17, 15) is 18.4 Å². The minimum Gasteiger partial charge on any atom is -0.486 e. The van der Waals surface area contributed by atoms with Crippen molar-refractivity contribution < 1.29 is 32.6 Å². The van der Waals surface area contributed by atoms with Gasteiger partial charge in [-0.1, -0.05) is 0 Å². The molecule has 0 unspecified atom stereocenters. The molecule has 27 heavy (non-hydrogen) atoms. The SMILES string of the molecule is C[C@H](Oc1ccc(F)cc1F)C(=O)NC(=O)Nc1ccc2c(c1)OCCO2. The molecule has 0 aromatic heterocycles. The first-order valence-corrected chi connectivity index (χ1v) is 8.05. The van der Waals surface area contributed by atoms with Crippen LogP contribution in [0.4, 0.5) is 19.3 Å². The maximum Gasteiger partial charge on any atom is 0.325 e. The van der Waals surface area contributed by atoms with Crippen LogP contribution in [0.5, 0.6) is 17.2 Å². The molecule has 0 saturated heterocycles. The lowest BCUT2D eigenvalue weighted by Crippen LogP contribution is -2.42. The second kappa shape index (κ2) is 7.90. The van der Waals surface area contributed by atoms with E-state index in [0.29, 0.717) is 36.5 Å². The van der Waals surface area contributed by atoms with Gasteiger partial charge in [0.15, 0.2) is 29.2 Å². The number of hydrogen-bond donors (Lipinski definition) is 2. The smallest absolute Gasteiger partial charge is 0.325 e. The number of fused-ring (bicyclic) bond motifs is 1. The molecule has 2 N–H and O–H groups in total. The van der Waals surface area contributed by atoms with Crippen molar-refractivity contribution in [3.63, 3.8) is 0 Å². The Balaban J connectivity index is 1.56. The maximum absolute atomic E-state index is 13.6. The molecule has 142 valence electrons. The molecular weight excluding hydrogens is 362 g/mol. The fourth-order valence-electron chi connectivity index (χ4n) is 2.31. The van der Waals surface area contributed by atoms with Crippen LogP contribution in [0.1, 0.15) is 6.92 Å². The third-order valence-electron chi connectivity index (χ3n) is 3.60. The van der Waals surface area contributed by atoms with Crippen LogP contribution in [0.15, 0.2) is 36.4 Å². The van der Waals surface area contributed by atoms with Crippen molar-refractivity contribution >= 4 is 17.6 Å². The number of amides is 3. The molecule has 7 nitrogen and oxygen atoms in total. The Morgan fingerprint density at radius 3 is 2.56 bits per heavy atom. The first-order valence-electron chi connectivity index (χ1n) is 8.05. The Labute approximate surface area is 153 Å². The predicted octanol–water partition coefficient (Wildman–Crippen LogP) is 2.85. The van der Waals surface area contributed by atoms with E-state index < -0.39 is 29.7 Å². The van der Waals surface area contributed by atoms with Crippen molar-refractivity contribution in [3.8, 4) is 17.2 Å². The summed E-state index contributed by atoms with van der Waals surface area (Å²) in [5.41, 5.74) is 0.391. The van der Waals surface area contributed by atoms with Gasteiger partial charge in [-0.25, -0.2) is 13.6 Å². The molecule has 2 aromatic rings. The number of anilines is 1. The zero-order chi connectivity index (χ0) is 19.4. The maximum atomic E-state index is 13.6. The van der Waals surface area contributed by atoms with Gasteiger partial charge in [-0.3, -0.25) is 10.1 Å². The molecule has 0 radical (unpaired) electrons. The Morgan fingerprint density at radius 1 is 1.07 bits per heavy atom. The quantitative estimate of drug-likeness (QED) is 0.855. The molecule has 1 atom stereocenters. The number of ether oxygens (including phenoxy) is 3. The standard InChI is InChI=1S/C18H16F2N2O5/c1-10(27-14-4-2-11(19)8-13(14)20)17(23)22-18(24)21-12-3-5-15-16(9-12)26-7-6-25-15/h2-5,8-10H,6-7H2,1H3,(H2,21,22,23,24)/t10-/m0/s1. The van der Waals surface area contributed by atoms with E-state index in [4.69, 9.17) is 14.2 Å². The van der Waals surface area contributed by atoms with Crippen LogP contribution >= 0.6 is 0 Å². The number of urea groups is 1. The van der Waals surface area contributed by atoms with Crippen molar-refractivity contribution in [1.29, 1.82) is 0 Å². The highest BCUT2D eigenvalue weighted by molar-refractivity contribution is 6.02. The lowest BCUT2D eigenvalue weighted by Gasteiger charge is -2.19. The molecule has 3 rings (SSSR count). The van der Waals surface area contributed by atoms with Crippen molar-refractivity contribution in [2.75, 3.05) is 18.5 Å². The normalized spacial score (nSPS) is 13.4. The third-order valence-corrected chi connectivity index (χ3v) is 3.60. The highest BCUT2D eigenvalue weighted by Gasteiger charge is 2.20. The monoisotopic (exact) mass is 378 g/mol. The highest BCUT2D eigenvalue weighted by atomic mass is 19.1. The van der Waals surface area contributed by atoms with Crippen LogP contribution in [0.3, 0.4) is 0 Å². The molecule has 1 heterocycles. The number of benzene rings is 2. The first kappa shape index (κ1) is 18.4. The van der Waals surface area contributed by atoms with E-state index >= 15 is 0 Å². The second-order valence-electron chi connectivity index (χ2n) is 5.64. The summed E-state index contributed by atoms with van der Waals surface area (Å²) in [5.74, 6) is -1.77. The topological polar surface area (TPSA) is 85.9 Å². The molecule has 0 saturated carbocycles. The minimum atomic E-state index is -1.18. The molecule has 0 aliphatic carbocycles. The number of rotatable bonds is 4. The van der Waals surface area contributed by atoms with E-state index in [1.165, 1.54) is 6.92 Å². The van der Waals surface area contributed by atoms with Gasteiger partial charge in [-0.2, -0.15) is 0 Å². The lowest BCUT2D eigenvalue weighted by atomic mass is 10.2. The largest absolute Gasteiger partial charge is 0.486 e. The highest BCUT2D eigenvalue weighted by Crippen LogP contribution is 2.32. The molecule has 0 spiro atoms. The van der Waals surface area contributed by atoms with Crippen LogP contribution in [0.2, 0.25) is 0 Å². The fraction of sp³-hybridized carbons (Fsp3) is 0.222. The first-order chi connectivity index (χ1) is 12.9. The number of carbonyl (C=O) groups is 2. The molecular formula is C18H16F2N2O5. The van der Waals surface area contributed by atoms with Gasteiger partial charge in [0.2, 0.25) is 0 Å². The number of imide groups is 1. The summed E-state index contributed by atoms with van der Waals surface area (Å²) in [6.07, 6.45) is -1.18. The van der Waals surface area contributed by atoms with Gasteiger partial charge in [-0.15, -0.1) is 0 Å². The molecule has 1 aliphatic rings. The van der Waals surface area contributed by atoms with Gasteiger partial charge in [0.25, 0.3) is 5.91 Å². The van der Waals surface area contributed by atoms with E-state index in [-0.39, 0.29) is 5.75 Å². The van der Waals surface area contributed by atoms with Crippen molar-refractivity contribution in [2.45, 2.75) is 13.0 Å². The summed E-state index contributed by atoms with van der Waals surface area (Å²) >= 11 is 0. The van der Waals surface area contributed by atoms with E-state index in [1.807, 2.05) is 0 Å². The Kier molecular flexibility index (Phi) is 5.39. The van der Waals surface area contributed by atoms with Gasteiger partial charge in [0.1, 0.15) is 19.0 Å². The number of nitrogens with one attached hydrogen (secondary N) is 2. The molecule has 2 aromatic carbocycles. The fourth-order valence-corrected chi connectivity index (χ4v) is 2.31.